The van der Waals surface area contributed by atoms with Crippen LogP contribution in [0.1, 0.15) is 46.0 Å². The summed E-state index contributed by atoms with van der Waals surface area (Å²) in [7, 11) is 0. The Labute approximate surface area is 119 Å². The van der Waals surface area contributed by atoms with Crippen LogP contribution in [0.15, 0.2) is 0 Å². The first-order valence-corrected chi connectivity index (χ1v) is 8.29. The van der Waals surface area contributed by atoms with Crippen molar-refractivity contribution in [3.63, 3.8) is 0 Å². The van der Waals surface area contributed by atoms with Crippen molar-refractivity contribution in [2.45, 2.75) is 46.0 Å². The average Bonchev–Trinajstić information content (AvgIpc) is 2.46. The van der Waals surface area contributed by atoms with Crippen LogP contribution in [0, 0.1) is 11.3 Å². The van der Waals surface area contributed by atoms with Crippen LogP contribution in [0.3, 0.4) is 0 Å². The van der Waals surface area contributed by atoms with Gasteiger partial charge >= 0.3 is 0 Å². The zero-order valence-electron chi connectivity index (χ0n) is 12.9. The summed E-state index contributed by atoms with van der Waals surface area (Å²) in [6, 6.07) is 0. The molecule has 2 rings (SSSR count). The van der Waals surface area contributed by atoms with Crippen molar-refractivity contribution in [2.24, 2.45) is 11.3 Å². The number of nitrogens with zero attached hydrogens (tertiary/aromatic N) is 1. The molecule has 0 saturated carbocycles. The highest BCUT2D eigenvalue weighted by atomic mass is 16.5. The van der Waals surface area contributed by atoms with E-state index >= 15 is 0 Å². The first-order chi connectivity index (χ1) is 9.28. The van der Waals surface area contributed by atoms with Crippen molar-refractivity contribution in [3.8, 4) is 0 Å². The van der Waals surface area contributed by atoms with Gasteiger partial charge in [0.2, 0.25) is 0 Å². The molecule has 0 radical (unpaired) electrons. The molecule has 2 aliphatic rings. The van der Waals surface area contributed by atoms with Crippen molar-refractivity contribution < 1.29 is 4.74 Å². The molecule has 2 fully saturated rings. The van der Waals surface area contributed by atoms with Gasteiger partial charge in [-0.05, 0) is 50.1 Å². The number of hydrogen-bond donors (Lipinski definition) is 1. The summed E-state index contributed by atoms with van der Waals surface area (Å²) >= 11 is 0. The zero-order valence-corrected chi connectivity index (χ0v) is 12.9. The molecule has 112 valence electrons. The predicted octanol–water partition coefficient (Wildman–Crippen LogP) is 2.51. The van der Waals surface area contributed by atoms with E-state index in [2.05, 4.69) is 24.1 Å². The fraction of sp³-hybridized carbons (Fsp3) is 1.00. The van der Waals surface area contributed by atoms with Gasteiger partial charge in [0.05, 0.1) is 0 Å². The number of hydrogen-bond acceptors (Lipinski definition) is 3. The Morgan fingerprint density at radius 1 is 1.26 bits per heavy atom. The smallest absolute Gasteiger partial charge is 0.0472 e. The maximum Gasteiger partial charge on any atom is 0.0472 e. The van der Waals surface area contributed by atoms with E-state index in [0.717, 1.165) is 25.7 Å². The molecule has 2 heterocycles. The second-order valence-electron chi connectivity index (χ2n) is 6.54. The van der Waals surface area contributed by atoms with Crippen molar-refractivity contribution in [1.29, 1.82) is 0 Å². The second-order valence-corrected chi connectivity index (χ2v) is 6.54. The molecular formula is C16H32N2O. The topological polar surface area (TPSA) is 24.5 Å². The van der Waals surface area contributed by atoms with E-state index in [9.17, 15) is 0 Å². The Morgan fingerprint density at radius 3 is 2.74 bits per heavy atom. The van der Waals surface area contributed by atoms with Gasteiger partial charge in [0.15, 0.2) is 0 Å². The Hall–Kier alpha value is -0.120. The van der Waals surface area contributed by atoms with Crippen molar-refractivity contribution in [2.75, 3.05) is 45.9 Å². The molecule has 3 heteroatoms. The third-order valence-electron chi connectivity index (χ3n) is 5.04. The molecule has 0 amide bonds. The van der Waals surface area contributed by atoms with E-state index in [1.54, 1.807) is 0 Å². The number of piperidine rings is 1. The highest BCUT2D eigenvalue weighted by Crippen LogP contribution is 2.32. The second kappa shape index (κ2) is 7.61. The van der Waals surface area contributed by atoms with Crippen LogP contribution < -0.4 is 5.32 Å². The lowest BCUT2D eigenvalue weighted by molar-refractivity contribution is -0.0109. The predicted molar refractivity (Wildman–Crippen MR) is 80.5 cm³/mol. The lowest BCUT2D eigenvalue weighted by Crippen LogP contribution is -2.49. The van der Waals surface area contributed by atoms with Crippen molar-refractivity contribution in [3.05, 3.63) is 0 Å². The fourth-order valence-corrected chi connectivity index (χ4v) is 3.69. The lowest BCUT2D eigenvalue weighted by Gasteiger charge is -2.43. The average molecular weight is 268 g/mol. The molecule has 0 aromatic heterocycles. The van der Waals surface area contributed by atoms with Crippen LogP contribution in [0.5, 0.6) is 0 Å². The number of rotatable bonds is 6. The van der Waals surface area contributed by atoms with Crippen LogP contribution >= 0.6 is 0 Å². The largest absolute Gasteiger partial charge is 0.381 e. The molecule has 1 unspecified atom stereocenters. The number of likely N-dealkylation sites (tertiary alicyclic amines) is 1. The Kier molecular flexibility index (Phi) is 6.11. The van der Waals surface area contributed by atoms with E-state index in [0.29, 0.717) is 5.41 Å². The molecule has 0 aliphatic carbocycles. The van der Waals surface area contributed by atoms with Crippen LogP contribution in [0.4, 0.5) is 0 Å². The van der Waals surface area contributed by atoms with Gasteiger partial charge in [0, 0.05) is 32.8 Å². The monoisotopic (exact) mass is 268 g/mol. The van der Waals surface area contributed by atoms with Gasteiger partial charge in [-0.15, -0.1) is 0 Å². The van der Waals surface area contributed by atoms with Crippen molar-refractivity contribution in [1.82, 2.24) is 10.2 Å². The highest BCUT2D eigenvalue weighted by Gasteiger charge is 2.35. The molecule has 1 atom stereocenters. The summed E-state index contributed by atoms with van der Waals surface area (Å²) in [6.07, 6.45) is 6.64. The Balaban J connectivity index is 1.90. The summed E-state index contributed by atoms with van der Waals surface area (Å²) in [5.74, 6) is 0.935. The van der Waals surface area contributed by atoms with E-state index in [1.165, 1.54) is 58.3 Å². The van der Waals surface area contributed by atoms with Crippen molar-refractivity contribution >= 4 is 0 Å². The maximum absolute atomic E-state index is 5.59. The maximum atomic E-state index is 5.59. The third kappa shape index (κ3) is 4.44. The summed E-state index contributed by atoms with van der Waals surface area (Å²) in [6.45, 7) is 12.6. The van der Waals surface area contributed by atoms with E-state index in [4.69, 9.17) is 4.74 Å². The summed E-state index contributed by atoms with van der Waals surface area (Å²) < 4.78 is 5.59. The molecule has 2 saturated heterocycles. The molecule has 0 bridgehead atoms. The fourth-order valence-electron chi connectivity index (χ4n) is 3.69. The van der Waals surface area contributed by atoms with Crippen LogP contribution in [0.2, 0.25) is 0 Å². The van der Waals surface area contributed by atoms with E-state index in [1.807, 2.05) is 0 Å². The molecule has 1 N–H and O–H groups in total. The number of ether oxygens (including phenoxy) is 1. The van der Waals surface area contributed by atoms with E-state index in [-0.39, 0.29) is 0 Å². The molecule has 0 aromatic rings. The first kappa shape index (κ1) is 15.3. The van der Waals surface area contributed by atoms with Gasteiger partial charge < -0.3 is 15.0 Å². The van der Waals surface area contributed by atoms with Crippen LogP contribution in [0.25, 0.3) is 0 Å². The molecule has 0 aromatic carbocycles. The molecule has 19 heavy (non-hydrogen) atoms. The van der Waals surface area contributed by atoms with Gasteiger partial charge in [-0.2, -0.15) is 0 Å². The minimum atomic E-state index is 0.462. The minimum Gasteiger partial charge on any atom is -0.381 e. The first-order valence-electron chi connectivity index (χ1n) is 8.29. The Bertz CT molecular complexity index is 251. The molecule has 3 nitrogen and oxygen atoms in total. The van der Waals surface area contributed by atoms with Gasteiger partial charge in [-0.1, -0.05) is 20.3 Å². The Morgan fingerprint density at radius 2 is 2.05 bits per heavy atom. The van der Waals surface area contributed by atoms with E-state index < -0.39 is 0 Å². The zero-order chi connectivity index (χ0) is 13.6. The SMILES string of the molecule is CCNCC1(CN2CCCC(CC)C2)CCOCC1. The summed E-state index contributed by atoms with van der Waals surface area (Å²) in [5.41, 5.74) is 0.462. The van der Waals surface area contributed by atoms with Gasteiger partial charge in [0.1, 0.15) is 0 Å². The van der Waals surface area contributed by atoms with Gasteiger partial charge in [-0.25, -0.2) is 0 Å². The molecule has 0 spiro atoms. The van der Waals surface area contributed by atoms with Gasteiger partial charge in [-0.3, -0.25) is 0 Å². The normalized spacial score (nSPS) is 28.4. The molecule has 2 aliphatic heterocycles. The molecular weight excluding hydrogens is 236 g/mol. The minimum absolute atomic E-state index is 0.462. The summed E-state index contributed by atoms with van der Waals surface area (Å²) in [4.78, 5) is 2.74. The van der Waals surface area contributed by atoms with Gasteiger partial charge in [0.25, 0.3) is 0 Å². The van der Waals surface area contributed by atoms with Crippen LogP contribution in [-0.2, 0) is 4.74 Å². The third-order valence-corrected chi connectivity index (χ3v) is 5.04. The lowest BCUT2D eigenvalue weighted by atomic mass is 9.78. The van der Waals surface area contributed by atoms with Crippen LogP contribution in [-0.4, -0.2) is 50.8 Å². The highest BCUT2D eigenvalue weighted by molar-refractivity contribution is 4.88. The summed E-state index contributed by atoms with van der Waals surface area (Å²) in [5, 5.41) is 3.59. The standard InChI is InChI=1S/C16H32N2O/c1-3-15-6-5-9-18(12-15)14-16(13-17-4-2)7-10-19-11-8-16/h15,17H,3-14H2,1-2H3. The number of nitrogens with one attached hydrogen (secondary N) is 1. The quantitative estimate of drug-likeness (QED) is 0.801.